The molecule has 156 valence electrons. The lowest BCUT2D eigenvalue weighted by Gasteiger charge is -2.35. The second-order valence-corrected chi connectivity index (χ2v) is 10.5. The van der Waals surface area contributed by atoms with Crippen molar-refractivity contribution in [1.82, 2.24) is 4.57 Å². The highest BCUT2D eigenvalue weighted by atomic mass is 32.1. The fourth-order valence-electron chi connectivity index (χ4n) is 4.68. The van der Waals surface area contributed by atoms with Gasteiger partial charge >= 0.3 is 5.97 Å². The minimum atomic E-state index is -1.17. The van der Waals surface area contributed by atoms with Crippen LogP contribution in [0.25, 0.3) is 21.3 Å². The Morgan fingerprint density at radius 1 is 1.30 bits per heavy atom. The van der Waals surface area contributed by atoms with E-state index in [9.17, 15) is 14.7 Å². The molecule has 1 unspecified atom stereocenters. The lowest BCUT2D eigenvalue weighted by Crippen LogP contribution is -2.32. The minimum absolute atomic E-state index is 0.0310. The molecular weight excluding hydrogens is 396 g/mol. The van der Waals surface area contributed by atoms with E-state index < -0.39 is 11.4 Å². The van der Waals surface area contributed by atoms with Crippen molar-refractivity contribution in [3.8, 4) is 10.4 Å². The quantitative estimate of drug-likeness (QED) is 0.619. The van der Waals surface area contributed by atoms with Gasteiger partial charge in [-0.1, -0.05) is 19.9 Å². The van der Waals surface area contributed by atoms with Crippen molar-refractivity contribution in [2.45, 2.75) is 58.5 Å². The Morgan fingerprint density at radius 2 is 2.03 bits per heavy atom. The van der Waals surface area contributed by atoms with Gasteiger partial charge in [0.2, 0.25) is 5.43 Å². The third-order valence-corrected chi connectivity index (χ3v) is 8.18. The molecule has 2 heterocycles. The smallest absolute Gasteiger partial charge is 0.341 e. The third-order valence-electron chi connectivity index (χ3n) is 6.89. The van der Waals surface area contributed by atoms with E-state index in [4.69, 9.17) is 5.73 Å². The van der Waals surface area contributed by atoms with Crippen LogP contribution in [-0.4, -0.2) is 15.6 Å². The predicted molar refractivity (Wildman–Crippen MR) is 121 cm³/mol. The highest BCUT2D eigenvalue weighted by Crippen LogP contribution is 2.48. The number of carboxylic acids is 1. The van der Waals surface area contributed by atoms with Crippen molar-refractivity contribution in [2.75, 3.05) is 0 Å². The first kappa shape index (κ1) is 19.5. The number of aromatic carboxylic acids is 1. The number of hydrogen-bond acceptors (Lipinski definition) is 4. The van der Waals surface area contributed by atoms with E-state index in [1.165, 1.54) is 15.3 Å². The molecule has 5 nitrogen and oxygen atoms in total. The molecule has 0 amide bonds. The monoisotopic (exact) mass is 422 g/mol. The van der Waals surface area contributed by atoms with E-state index in [1.807, 2.05) is 17.6 Å². The van der Waals surface area contributed by atoms with Crippen molar-refractivity contribution >= 4 is 28.2 Å². The van der Waals surface area contributed by atoms with Crippen LogP contribution in [0, 0.1) is 12.3 Å². The van der Waals surface area contributed by atoms with Crippen molar-refractivity contribution < 1.29 is 9.90 Å². The van der Waals surface area contributed by atoms with E-state index in [1.54, 1.807) is 23.6 Å². The minimum Gasteiger partial charge on any atom is -0.477 e. The zero-order valence-corrected chi connectivity index (χ0v) is 18.3. The van der Waals surface area contributed by atoms with Gasteiger partial charge < -0.3 is 15.4 Å². The Morgan fingerprint density at radius 3 is 2.70 bits per heavy atom. The topological polar surface area (TPSA) is 85.3 Å². The SMILES string of the molecule is Cc1c(-c2cc3c(s2)C(N)C(C)(C)CC3)ccc2c(=O)c(C(=O)O)cn(C3CC3)c12. The Kier molecular flexibility index (Phi) is 4.25. The fraction of sp³-hybridized carbons (Fsp3) is 0.417. The summed E-state index contributed by atoms with van der Waals surface area (Å²) >= 11 is 1.76. The van der Waals surface area contributed by atoms with Gasteiger partial charge in [-0.3, -0.25) is 4.79 Å². The summed E-state index contributed by atoms with van der Waals surface area (Å²) in [6.07, 6.45) is 5.68. The van der Waals surface area contributed by atoms with Gasteiger partial charge in [-0.05, 0) is 66.8 Å². The van der Waals surface area contributed by atoms with E-state index >= 15 is 0 Å². The first-order chi connectivity index (χ1) is 14.2. The number of fused-ring (bicyclic) bond motifs is 2. The van der Waals surface area contributed by atoms with Crippen molar-refractivity contribution in [2.24, 2.45) is 11.1 Å². The van der Waals surface area contributed by atoms with Gasteiger partial charge in [0.15, 0.2) is 0 Å². The molecule has 30 heavy (non-hydrogen) atoms. The van der Waals surface area contributed by atoms with Gasteiger partial charge in [-0.2, -0.15) is 0 Å². The molecule has 2 aromatic heterocycles. The number of aryl methyl sites for hydroxylation is 2. The molecule has 1 saturated carbocycles. The highest BCUT2D eigenvalue weighted by Gasteiger charge is 2.35. The van der Waals surface area contributed by atoms with Crippen LogP contribution in [0.3, 0.4) is 0 Å². The van der Waals surface area contributed by atoms with Crippen LogP contribution >= 0.6 is 11.3 Å². The molecular formula is C24H26N2O3S. The average molecular weight is 423 g/mol. The summed E-state index contributed by atoms with van der Waals surface area (Å²) in [5.74, 6) is -1.17. The van der Waals surface area contributed by atoms with Crippen LogP contribution in [0.15, 0.2) is 29.2 Å². The molecule has 6 heteroatoms. The van der Waals surface area contributed by atoms with Crippen LogP contribution in [0.1, 0.15) is 71.6 Å². The zero-order valence-electron chi connectivity index (χ0n) is 17.5. The second kappa shape index (κ2) is 6.53. The van der Waals surface area contributed by atoms with Gasteiger partial charge in [0.05, 0.1) is 5.52 Å². The molecule has 1 fully saturated rings. The summed E-state index contributed by atoms with van der Waals surface area (Å²) in [4.78, 5) is 26.9. The van der Waals surface area contributed by atoms with Crippen molar-refractivity contribution in [3.63, 3.8) is 0 Å². The normalized spacial score (nSPS) is 20.3. The van der Waals surface area contributed by atoms with Crippen LogP contribution in [0.2, 0.25) is 0 Å². The fourth-order valence-corrected chi connectivity index (χ4v) is 6.19. The number of hydrogen-bond donors (Lipinski definition) is 2. The molecule has 5 rings (SSSR count). The van der Waals surface area contributed by atoms with E-state index in [0.29, 0.717) is 5.39 Å². The van der Waals surface area contributed by atoms with Crippen LogP contribution in [-0.2, 0) is 6.42 Å². The lowest BCUT2D eigenvalue weighted by molar-refractivity contribution is 0.0695. The molecule has 1 atom stereocenters. The van der Waals surface area contributed by atoms with E-state index in [0.717, 1.165) is 42.3 Å². The molecule has 0 saturated heterocycles. The zero-order chi connectivity index (χ0) is 21.4. The van der Waals surface area contributed by atoms with Gasteiger partial charge in [0.1, 0.15) is 5.56 Å². The molecule has 1 aromatic carbocycles. The van der Waals surface area contributed by atoms with Crippen LogP contribution in [0.5, 0.6) is 0 Å². The van der Waals surface area contributed by atoms with Crippen molar-refractivity contribution in [1.29, 1.82) is 0 Å². The molecule has 3 N–H and O–H groups in total. The Balaban J connectivity index is 1.72. The van der Waals surface area contributed by atoms with Crippen molar-refractivity contribution in [3.05, 3.63) is 56.2 Å². The summed E-state index contributed by atoms with van der Waals surface area (Å²) in [5, 5.41) is 9.98. The number of aromatic nitrogens is 1. The number of nitrogens with zero attached hydrogens (tertiary/aromatic N) is 1. The van der Waals surface area contributed by atoms with Gasteiger partial charge in [0.25, 0.3) is 0 Å². The lowest BCUT2D eigenvalue weighted by atomic mass is 9.74. The molecule has 2 aliphatic rings. The Labute approximate surface area is 179 Å². The Bertz CT molecular complexity index is 1260. The predicted octanol–water partition coefficient (Wildman–Crippen LogP) is 5.04. The van der Waals surface area contributed by atoms with E-state index in [-0.39, 0.29) is 23.1 Å². The number of rotatable bonds is 3. The summed E-state index contributed by atoms with van der Waals surface area (Å²) in [5.41, 5.74) is 10.5. The largest absolute Gasteiger partial charge is 0.477 e. The van der Waals surface area contributed by atoms with Gasteiger partial charge in [-0.25, -0.2) is 4.79 Å². The first-order valence-electron chi connectivity index (χ1n) is 10.5. The first-order valence-corrected chi connectivity index (χ1v) is 11.3. The third kappa shape index (κ3) is 2.85. The maximum atomic E-state index is 12.8. The number of thiophene rings is 1. The number of benzene rings is 1. The van der Waals surface area contributed by atoms with Gasteiger partial charge in [-0.15, -0.1) is 11.3 Å². The van der Waals surface area contributed by atoms with Crippen LogP contribution < -0.4 is 11.2 Å². The summed E-state index contributed by atoms with van der Waals surface area (Å²) < 4.78 is 2.02. The van der Waals surface area contributed by atoms with E-state index in [2.05, 4.69) is 19.9 Å². The maximum Gasteiger partial charge on any atom is 0.341 e. The number of pyridine rings is 1. The highest BCUT2D eigenvalue weighted by molar-refractivity contribution is 7.15. The standard InChI is InChI=1S/C24H26N2O3S/c1-12-15(18-10-13-8-9-24(2,3)22(25)21(13)30-18)6-7-16-19(12)26(14-4-5-14)11-17(20(16)27)23(28)29/h6-7,10-11,14,22H,4-5,8-9,25H2,1-3H3,(H,28,29). The van der Waals surface area contributed by atoms with Crippen LogP contribution in [0.4, 0.5) is 0 Å². The summed E-state index contributed by atoms with van der Waals surface area (Å²) in [6, 6.07) is 6.33. The summed E-state index contributed by atoms with van der Waals surface area (Å²) in [6.45, 7) is 6.50. The van der Waals surface area contributed by atoms with Gasteiger partial charge in [0, 0.05) is 33.4 Å². The number of carbonyl (C=O) groups is 1. The molecule has 0 radical (unpaired) electrons. The number of carboxylic acid groups (broad SMARTS) is 1. The number of nitrogens with two attached hydrogens (primary N) is 1. The molecule has 2 aliphatic carbocycles. The molecule has 0 aliphatic heterocycles. The maximum absolute atomic E-state index is 12.8. The second-order valence-electron chi connectivity index (χ2n) is 9.42. The average Bonchev–Trinajstić information content (AvgIpc) is 3.44. The summed E-state index contributed by atoms with van der Waals surface area (Å²) in [7, 11) is 0. The Hall–Kier alpha value is -2.44. The molecule has 0 bridgehead atoms. The molecule has 0 spiro atoms. The molecule has 3 aromatic rings.